The standard InChI is InChI=1S/C22H25N3O2/c1-3-4-10-15-25-21(26)19-14-9-8-13-18(19)20(23-25)22(27)24(2)16-17-11-6-5-7-12-17/h5-9,11-14H,3-4,10,15-16H2,1-2H3. The molecule has 1 aromatic heterocycles. The second kappa shape index (κ2) is 8.62. The second-order valence-corrected chi connectivity index (χ2v) is 6.78. The Balaban J connectivity index is 1.97. The number of aromatic nitrogens is 2. The molecule has 0 aliphatic carbocycles. The van der Waals surface area contributed by atoms with Crippen molar-refractivity contribution in [3.63, 3.8) is 0 Å². The molecule has 0 aliphatic heterocycles. The number of rotatable bonds is 7. The molecular weight excluding hydrogens is 338 g/mol. The lowest BCUT2D eigenvalue weighted by Crippen LogP contribution is -2.32. The lowest BCUT2D eigenvalue weighted by Gasteiger charge is -2.18. The highest BCUT2D eigenvalue weighted by atomic mass is 16.2. The first-order valence-corrected chi connectivity index (χ1v) is 9.41. The number of hydrogen-bond donors (Lipinski definition) is 0. The molecule has 27 heavy (non-hydrogen) atoms. The lowest BCUT2D eigenvalue weighted by molar-refractivity contribution is 0.0778. The Labute approximate surface area is 159 Å². The van der Waals surface area contributed by atoms with E-state index < -0.39 is 0 Å². The van der Waals surface area contributed by atoms with Crippen LogP contribution < -0.4 is 5.56 Å². The third-order valence-corrected chi connectivity index (χ3v) is 4.65. The van der Waals surface area contributed by atoms with Gasteiger partial charge in [-0.3, -0.25) is 9.59 Å². The van der Waals surface area contributed by atoms with Crippen LogP contribution in [0.2, 0.25) is 0 Å². The van der Waals surface area contributed by atoms with Gasteiger partial charge >= 0.3 is 0 Å². The number of aryl methyl sites for hydroxylation is 1. The van der Waals surface area contributed by atoms with Crippen LogP contribution in [0.1, 0.15) is 42.2 Å². The summed E-state index contributed by atoms with van der Waals surface area (Å²) in [6.07, 6.45) is 2.96. The highest BCUT2D eigenvalue weighted by Crippen LogP contribution is 2.16. The minimum absolute atomic E-state index is 0.135. The van der Waals surface area contributed by atoms with Gasteiger partial charge in [0.15, 0.2) is 5.69 Å². The van der Waals surface area contributed by atoms with Crippen molar-refractivity contribution in [3.8, 4) is 0 Å². The Morgan fingerprint density at radius 1 is 1.00 bits per heavy atom. The molecule has 0 saturated carbocycles. The minimum Gasteiger partial charge on any atom is -0.336 e. The lowest BCUT2D eigenvalue weighted by atomic mass is 10.1. The molecule has 1 amide bonds. The molecule has 0 N–H and O–H groups in total. The van der Waals surface area contributed by atoms with E-state index in [0.29, 0.717) is 29.6 Å². The Morgan fingerprint density at radius 3 is 2.37 bits per heavy atom. The molecule has 0 aliphatic rings. The number of benzene rings is 2. The predicted octanol–water partition coefficient (Wildman–Crippen LogP) is 3.86. The SMILES string of the molecule is CCCCCn1nc(C(=O)N(C)Cc2ccccc2)c2ccccc2c1=O. The minimum atomic E-state index is -0.181. The van der Waals surface area contributed by atoms with Gasteiger partial charge in [0.1, 0.15) is 0 Å². The van der Waals surface area contributed by atoms with Crippen LogP contribution in [-0.4, -0.2) is 27.6 Å². The fraction of sp³-hybridized carbons (Fsp3) is 0.318. The van der Waals surface area contributed by atoms with Crippen LogP contribution in [-0.2, 0) is 13.1 Å². The zero-order chi connectivity index (χ0) is 19.2. The van der Waals surface area contributed by atoms with Gasteiger partial charge in [-0.15, -0.1) is 0 Å². The molecule has 5 heteroatoms. The van der Waals surface area contributed by atoms with E-state index in [-0.39, 0.29) is 11.5 Å². The van der Waals surface area contributed by atoms with Gasteiger partial charge in [0, 0.05) is 25.5 Å². The fourth-order valence-corrected chi connectivity index (χ4v) is 3.17. The van der Waals surface area contributed by atoms with Gasteiger partial charge in [-0.2, -0.15) is 5.10 Å². The van der Waals surface area contributed by atoms with Gasteiger partial charge in [0.25, 0.3) is 11.5 Å². The predicted molar refractivity (Wildman–Crippen MR) is 108 cm³/mol. The maximum atomic E-state index is 13.1. The Hall–Kier alpha value is -2.95. The summed E-state index contributed by atoms with van der Waals surface area (Å²) >= 11 is 0. The van der Waals surface area contributed by atoms with E-state index in [9.17, 15) is 9.59 Å². The summed E-state index contributed by atoms with van der Waals surface area (Å²) in [4.78, 5) is 27.5. The van der Waals surface area contributed by atoms with Crippen LogP contribution in [0, 0.1) is 0 Å². The van der Waals surface area contributed by atoms with Gasteiger partial charge in [0.05, 0.1) is 5.39 Å². The first kappa shape index (κ1) is 18.8. The zero-order valence-corrected chi connectivity index (χ0v) is 15.9. The molecule has 3 aromatic rings. The van der Waals surface area contributed by atoms with Gasteiger partial charge in [-0.25, -0.2) is 4.68 Å². The molecule has 0 spiro atoms. The van der Waals surface area contributed by atoms with Crippen LogP contribution in [0.5, 0.6) is 0 Å². The maximum absolute atomic E-state index is 13.1. The summed E-state index contributed by atoms with van der Waals surface area (Å²) in [5, 5.41) is 5.60. The van der Waals surface area contributed by atoms with E-state index in [1.54, 1.807) is 24.1 Å². The summed E-state index contributed by atoms with van der Waals surface area (Å²) in [6.45, 7) is 3.13. The molecule has 2 aromatic carbocycles. The van der Waals surface area contributed by atoms with Crippen molar-refractivity contribution >= 4 is 16.7 Å². The van der Waals surface area contributed by atoms with Crippen molar-refractivity contribution in [2.75, 3.05) is 7.05 Å². The van der Waals surface area contributed by atoms with Crippen LogP contribution in [0.25, 0.3) is 10.8 Å². The van der Waals surface area contributed by atoms with Gasteiger partial charge < -0.3 is 4.90 Å². The van der Waals surface area contributed by atoms with Crippen molar-refractivity contribution < 1.29 is 4.79 Å². The molecule has 140 valence electrons. The van der Waals surface area contributed by atoms with Crippen molar-refractivity contribution in [1.82, 2.24) is 14.7 Å². The Morgan fingerprint density at radius 2 is 1.67 bits per heavy atom. The third kappa shape index (κ3) is 4.25. The normalized spacial score (nSPS) is 10.9. The molecule has 5 nitrogen and oxygen atoms in total. The molecule has 0 bridgehead atoms. The molecule has 0 saturated heterocycles. The van der Waals surface area contributed by atoms with Crippen molar-refractivity contribution in [2.24, 2.45) is 0 Å². The quantitative estimate of drug-likeness (QED) is 0.599. The maximum Gasteiger partial charge on any atom is 0.274 e. The van der Waals surface area contributed by atoms with Crippen LogP contribution in [0.15, 0.2) is 59.4 Å². The third-order valence-electron chi connectivity index (χ3n) is 4.65. The Bertz CT molecular complexity index is 980. The van der Waals surface area contributed by atoms with E-state index in [4.69, 9.17) is 0 Å². The summed E-state index contributed by atoms with van der Waals surface area (Å²) in [5.41, 5.74) is 1.25. The number of nitrogens with zero attached hydrogens (tertiary/aromatic N) is 3. The molecule has 0 atom stereocenters. The van der Waals surface area contributed by atoms with Crippen LogP contribution in [0.4, 0.5) is 0 Å². The highest BCUT2D eigenvalue weighted by molar-refractivity contribution is 6.04. The average molecular weight is 363 g/mol. The number of carbonyl (C=O) groups excluding carboxylic acids is 1. The summed E-state index contributed by atoms with van der Waals surface area (Å²) in [5.74, 6) is -0.181. The summed E-state index contributed by atoms with van der Waals surface area (Å²) in [6, 6.07) is 17.0. The molecule has 1 heterocycles. The number of carbonyl (C=O) groups is 1. The number of hydrogen-bond acceptors (Lipinski definition) is 3. The first-order chi connectivity index (χ1) is 13.1. The molecule has 0 unspecified atom stereocenters. The Kier molecular flexibility index (Phi) is 6.01. The van der Waals surface area contributed by atoms with Crippen molar-refractivity contribution in [2.45, 2.75) is 39.3 Å². The zero-order valence-electron chi connectivity index (χ0n) is 15.9. The van der Waals surface area contributed by atoms with Crippen molar-refractivity contribution in [3.05, 3.63) is 76.2 Å². The molecule has 3 rings (SSSR count). The fourth-order valence-electron chi connectivity index (χ4n) is 3.17. The second-order valence-electron chi connectivity index (χ2n) is 6.78. The van der Waals surface area contributed by atoms with Gasteiger partial charge in [-0.05, 0) is 18.1 Å². The van der Waals surface area contributed by atoms with Gasteiger partial charge in [0.2, 0.25) is 0 Å². The number of amides is 1. The van der Waals surface area contributed by atoms with E-state index in [0.717, 1.165) is 24.8 Å². The highest BCUT2D eigenvalue weighted by Gasteiger charge is 2.20. The summed E-state index contributed by atoms with van der Waals surface area (Å²) < 4.78 is 1.45. The van der Waals surface area contributed by atoms with Crippen LogP contribution in [0.3, 0.4) is 0 Å². The summed E-state index contributed by atoms with van der Waals surface area (Å²) in [7, 11) is 1.76. The molecule has 0 radical (unpaired) electrons. The van der Waals surface area contributed by atoms with E-state index >= 15 is 0 Å². The molecular formula is C22H25N3O2. The van der Waals surface area contributed by atoms with E-state index in [1.165, 1.54) is 4.68 Å². The monoisotopic (exact) mass is 363 g/mol. The van der Waals surface area contributed by atoms with Crippen LogP contribution >= 0.6 is 0 Å². The molecule has 0 fully saturated rings. The van der Waals surface area contributed by atoms with Crippen molar-refractivity contribution in [1.29, 1.82) is 0 Å². The topological polar surface area (TPSA) is 55.2 Å². The average Bonchev–Trinajstić information content (AvgIpc) is 2.70. The number of unbranched alkanes of at least 4 members (excludes halogenated alkanes) is 2. The largest absolute Gasteiger partial charge is 0.336 e. The first-order valence-electron chi connectivity index (χ1n) is 9.41. The van der Waals surface area contributed by atoms with E-state index in [2.05, 4.69) is 12.0 Å². The number of fused-ring (bicyclic) bond motifs is 1. The smallest absolute Gasteiger partial charge is 0.274 e. The van der Waals surface area contributed by atoms with Gasteiger partial charge in [-0.1, -0.05) is 68.3 Å². The van der Waals surface area contributed by atoms with E-state index in [1.807, 2.05) is 42.5 Å².